The third-order valence-electron chi connectivity index (χ3n) is 5.46. The summed E-state index contributed by atoms with van der Waals surface area (Å²) in [5.74, 6) is 0.674. The number of fused-ring (bicyclic) bond motifs is 1. The lowest BCUT2D eigenvalue weighted by atomic mass is 9.57. The highest BCUT2D eigenvalue weighted by atomic mass is 14.5. The van der Waals surface area contributed by atoms with E-state index in [1.165, 1.54) is 28.7 Å². The monoisotopic (exact) mass is 266 g/mol. The first-order chi connectivity index (χ1) is 9.11. The van der Waals surface area contributed by atoms with E-state index in [9.17, 15) is 0 Å². The van der Waals surface area contributed by atoms with Gasteiger partial charge >= 0.3 is 0 Å². The zero-order valence-electron chi connectivity index (χ0n) is 14.1. The van der Waals surface area contributed by atoms with Crippen molar-refractivity contribution in [2.24, 2.45) is 5.92 Å². The Kier molecular flexibility index (Phi) is 3.69. The third-order valence-corrected chi connectivity index (χ3v) is 5.46. The molecule has 0 amide bonds. The Morgan fingerprint density at radius 2 is 1.80 bits per heavy atom. The normalized spacial score (nSPS) is 24.4. The number of rotatable bonds is 1. The minimum Gasteiger partial charge on any atom is -0.0941 e. The van der Waals surface area contributed by atoms with E-state index in [0.717, 1.165) is 5.47 Å². The van der Waals surface area contributed by atoms with Crippen LogP contribution in [0, 0.1) is 12.8 Å². The molecule has 106 valence electrons. The molecule has 0 fully saturated rings. The maximum absolute atomic E-state index is 6.18. The summed E-state index contributed by atoms with van der Waals surface area (Å²) >= 11 is 0. The van der Waals surface area contributed by atoms with Crippen LogP contribution in [0.4, 0.5) is 0 Å². The lowest BCUT2D eigenvalue weighted by molar-refractivity contribution is 0.233. The maximum atomic E-state index is 6.18. The SMILES string of the molecule is [B]/C(=C/C)c1cc2c(cc1C)C(C)(C)CC(C)C2(C)C. The van der Waals surface area contributed by atoms with E-state index in [-0.39, 0.29) is 10.8 Å². The van der Waals surface area contributed by atoms with Crippen molar-refractivity contribution >= 4 is 13.3 Å². The quantitative estimate of drug-likeness (QED) is 0.619. The van der Waals surface area contributed by atoms with E-state index in [4.69, 9.17) is 7.85 Å². The summed E-state index contributed by atoms with van der Waals surface area (Å²) in [5.41, 5.74) is 6.82. The van der Waals surface area contributed by atoms with Crippen molar-refractivity contribution in [2.75, 3.05) is 0 Å². The first-order valence-corrected chi connectivity index (χ1v) is 7.69. The van der Waals surface area contributed by atoms with Crippen molar-refractivity contribution in [3.05, 3.63) is 40.5 Å². The Hall–Kier alpha value is -0.975. The van der Waals surface area contributed by atoms with Crippen molar-refractivity contribution in [2.45, 2.75) is 65.7 Å². The summed E-state index contributed by atoms with van der Waals surface area (Å²) in [7, 11) is 6.18. The highest BCUT2D eigenvalue weighted by Gasteiger charge is 2.42. The molecule has 1 unspecified atom stereocenters. The molecule has 0 saturated carbocycles. The van der Waals surface area contributed by atoms with Crippen molar-refractivity contribution < 1.29 is 0 Å². The molecule has 0 heterocycles. The molecule has 0 bridgehead atoms. The average molecular weight is 266 g/mol. The summed E-state index contributed by atoms with van der Waals surface area (Å²) in [6.07, 6.45) is 3.24. The number of aryl methyl sites for hydroxylation is 1. The summed E-state index contributed by atoms with van der Waals surface area (Å²) in [5, 5.41) is 0. The van der Waals surface area contributed by atoms with Crippen molar-refractivity contribution in [1.82, 2.24) is 0 Å². The van der Waals surface area contributed by atoms with E-state index >= 15 is 0 Å². The van der Waals surface area contributed by atoms with Crippen LogP contribution in [0.25, 0.3) is 5.47 Å². The molecule has 0 spiro atoms. The summed E-state index contributed by atoms with van der Waals surface area (Å²) in [4.78, 5) is 0. The molecule has 2 rings (SSSR count). The molecule has 1 aromatic rings. The van der Waals surface area contributed by atoms with Crippen LogP contribution in [0.1, 0.15) is 70.2 Å². The van der Waals surface area contributed by atoms with Gasteiger partial charge in [0.05, 0.1) is 0 Å². The summed E-state index contributed by atoms with van der Waals surface area (Å²) < 4.78 is 0. The zero-order chi connectivity index (χ0) is 15.3. The first-order valence-electron chi connectivity index (χ1n) is 7.69. The molecule has 1 atom stereocenters. The minimum absolute atomic E-state index is 0.210. The first kappa shape index (κ1) is 15.4. The number of benzene rings is 1. The average Bonchev–Trinajstić information content (AvgIpc) is 2.35. The minimum atomic E-state index is 0.210. The lowest BCUT2D eigenvalue weighted by Gasteiger charge is -2.47. The fraction of sp³-hybridized carbons (Fsp3) is 0.579. The summed E-state index contributed by atoms with van der Waals surface area (Å²) in [6.45, 7) is 16.0. The van der Waals surface area contributed by atoms with Gasteiger partial charge in [-0.25, -0.2) is 0 Å². The van der Waals surface area contributed by atoms with Gasteiger partial charge in [0.25, 0.3) is 0 Å². The van der Waals surface area contributed by atoms with Crippen molar-refractivity contribution in [1.29, 1.82) is 0 Å². The molecule has 20 heavy (non-hydrogen) atoms. The second kappa shape index (κ2) is 4.79. The van der Waals surface area contributed by atoms with Gasteiger partial charge in [-0.05, 0) is 59.3 Å². The van der Waals surface area contributed by atoms with Crippen LogP contribution in [-0.4, -0.2) is 7.85 Å². The van der Waals surface area contributed by atoms with E-state index in [1.54, 1.807) is 0 Å². The van der Waals surface area contributed by atoms with Crippen LogP contribution >= 0.6 is 0 Å². The van der Waals surface area contributed by atoms with E-state index in [2.05, 4.69) is 53.7 Å². The van der Waals surface area contributed by atoms with Gasteiger partial charge in [-0.3, -0.25) is 0 Å². The van der Waals surface area contributed by atoms with Gasteiger partial charge in [0.1, 0.15) is 7.85 Å². The fourth-order valence-corrected chi connectivity index (χ4v) is 3.66. The van der Waals surface area contributed by atoms with Gasteiger partial charge in [0, 0.05) is 0 Å². The second-order valence-electron chi connectivity index (χ2n) is 7.67. The highest BCUT2D eigenvalue weighted by molar-refractivity contribution is 6.42. The Morgan fingerprint density at radius 3 is 2.35 bits per heavy atom. The van der Waals surface area contributed by atoms with Crippen molar-refractivity contribution in [3.63, 3.8) is 0 Å². The van der Waals surface area contributed by atoms with Crippen molar-refractivity contribution in [3.8, 4) is 0 Å². The van der Waals surface area contributed by atoms with Crippen LogP contribution in [-0.2, 0) is 10.8 Å². The highest BCUT2D eigenvalue weighted by Crippen LogP contribution is 2.49. The predicted octanol–water partition coefficient (Wildman–Crippen LogP) is 5.12. The van der Waals surface area contributed by atoms with Crippen LogP contribution in [0.3, 0.4) is 0 Å². The number of allylic oxidation sites excluding steroid dienone is 1. The molecule has 0 nitrogen and oxygen atoms in total. The molecule has 0 saturated heterocycles. The van der Waals surface area contributed by atoms with Gasteiger partial charge < -0.3 is 0 Å². The van der Waals surface area contributed by atoms with Crippen LogP contribution < -0.4 is 0 Å². The second-order valence-corrected chi connectivity index (χ2v) is 7.67. The Balaban J connectivity index is 2.76. The zero-order valence-corrected chi connectivity index (χ0v) is 14.1. The number of hydrogen-bond acceptors (Lipinski definition) is 0. The largest absolute Gasteiger partial charge is 0.114 e. The molecule has 0 aliphatic heterocycles. The summed E-state index contributed by atoms with van der Waals surface area (Å²) in [6, 6.07) is 4.71. The molecule has 0 N–H and O–H groups in total. The van der Waals surface area contributed by atoms with Crippen LogP contribution in [0.15, 0.2) is 18.2 Å². The van der Waals surface area contributed by atoms with Gasteiger partial charge in [0.15, 0.2) is 0 Å². The predicted molar refractivity (Wildman–Crippen MR) is 90.4 cm³/mol. The van der Waals surface area contributed by atoms with Gasteiger partial charge in [0.2, 0.25) is 0 Å². The Bertz CT molecular complexity index is 561. The van der Waals surface area contributed by atoms with Gasteiger partial charge in [-0.2, -0.15) is 0 Å². The standard InChI is InChI=1S/C19H27B/c1-8-17(20)14-10-16-15(9-12(14)2)18(4,5)11-13(3)19(16,6)7/h8-10,13H,11H2,1-7H3/b17-8+. The maximum Gasteiger partial charge on any atom is 0.114 e. The van der Waals surface area contributed by atoms with E-state index < -0.39 is 0 Å². The lowest BCUT2D eigenvalue weighted by Crippen LogP contribution is -2.40. The van der Waals surface area contributed by atoms with Crippen LogP contribution in [0.2, 0.25) is 0 Å². The van der Waals surface area contributed by atoms with Gasteiger partial charge in [-0.1, -0.05) is 58.3 Å². The third kappa shape index (κ3) is 2.26. The molecular formula is C19H27B. The van der Waals surface area contributed by atoms with E-state index in [1.807, 2.05) is 13.0 Å². The fourth-order valence-electron chi connectivity index (χ4n) is 3.66. The Labute approximate surface area is 126 Å². The molecule has 0 aromatic heterocycles. The molecule has 2 radical (unpaired) electrons. The topological polar surface area (TPSA) is 0 Å². The molecule has 1 aliphatic carbocycles. The van der Waals surface area contributed by atoms with E-state index in [0.29, 0.717) is 5.92 Å². The molecule has 1 heteroatoms. The number of hydrogen-bond donors (Lipinski definition) is 0. The van der Waals surface area contributed by atoms with Crippen LogP contribution in [0.5, 0.6) is 0 Å². The molecule has 1 aromatic carbocycles. The van der Waals surface area contributed by atoms with Gasteiger partial charge in [-0.15, -0.1) is 0 Å². The molecule has 1 aliphatic rings. The smallest absolute Gasteiger partial charge is 0.0941 e. The Morgan fingerprint density at radius 1 is 1.20 bits per heavy atom. The molecular weight excluding hydrogens is 239 g/mol.